The predicted octanol–water partition coefficient (Wildman–Crippen LogP) is 5.48. The van der Waals surface area contributed by atoms with Crippen LogP contribution in [-0.4, -0.2) is 24.6 Å². The summed E-state index contributed by atoms with van der Waals surface area (Å²) in [4.78, 5) is 7.90. The second-order valence-corrected chi connectivity index (χ2v) is 10.6. The van der Waals surface area contributed by atoms with Crippen LogP contribution in [0.4, 0.5) is 19.1 Å². The van der Waals surface area contributed by atoms with Gasteiger partial charge in [-0.05, 0) is 34.7 Å². The van der Waals surface area contributed by atoms with E-state index >= 15 is 0 Å². The summed E-state index contributed by atoms with van der Waals surface area (Å²) in [5.74, 6) is -0.165. The molecule has 170 valence electrons. The van der Waals surface area contributed by atoms with E-state index in [9.17, 15) is 21.6 Å². The molecule has 3 rings (SSSR count). The van der Waals surface area contributed by atoms with Crippen molar-refractivity contribution in [3.05, 3.63) is 71.4 Å². The van der Waals surface area contributed by atoms with Crippen LogP contribution in [-0.2, 0) is 28.0 Å². The average molecular weight is 464 g/mol. The molecule has 5 nitrogen and oxygen atoms in total. The zero-order chi connectivity index (χ0) is 23.7. The maximum Gasteiger partial charge on any atom is 0.433 e. The fourth-order valence-corrected chi connectivity index (χ4v) is 3.63. The van der Waals surface area contributed by atoms with Crippen molar-refractivity contribution < 1.29 is 21.6 Å². The Kier molecular flexibility index (Phi) is 6.33. The summed E-state index contributed by atoms with van der Waals surface area (Å²) in [5, 5.41) is 2.86. The minimum absolute atomic E-state index is 0.00231. The summed E-state index contributed by atoms with van der Waals surface area (Å²) in [6.07, 6.45) is -3.60. The van der Waals surface area contributed by atoms with E-state index in [0.29, 0.717) is 5.56 Å². The van der Waals surface area contributed by atoms with Crippen LogP contribution in [0.15, 0.2) is 59.5 Å². The number of alkyl halides is 3. The zero-order valence-corrected chi connectivity index (χ0v) is 19.0. The summed E-state index contributed by atoms with van der Waals surface area (Å²) in [5.41, 5.74) is 1.33. The molecule has 0 amide bonds. The number of aromatic nitrogens is 2. The standard InChI is InChI=1S/C23H24F3N3O2S/c1-22(2,3)17-9-5-15(6-10-17)14-27-21-28-19(13-20(29-21)23(24,25)26)16-7-11-18(12-8-16)32(4,30)31/h5-13H,14H2,1-4H3,(H,27,28,29). The van der Waals surface area contributed by atoms with Gasteiger partial charge in [0, 0.05) is 18.4 Å². The summed E-state index contributed by atoms with van der Waals surface area (Å²) in [6, 6.07) is 14.2. The van der Waals surface area contributed by atoms with E-state index in [1.54, 1.807) is 0 Å². The third-order valence-electron chi connectivity index (χ3n) is 4.87. The molecule has 0 unspecified atom stereocenters. The Balaban J connectivity index is 1.89. The highest BCUT2D eigenvalue weighted by atomic mass is 32.2. The van der Waals surface area contributed by atoms with E-state index in [2.05, 4.69) is 36.1 Å². The monoisotopic (exact) mass is 463 g/mol. The summed E-state index contributed by atoms with van der Waals surface area (Å²) < 4.78 is 63.5. The lowest BCUT2D eigenvalue weighted by Crippen LogP contribution is -2.13. The van der Waals surface area contributed by atoms with E-state index in [1.807, 2.05) is 24.3 Å². The summed E-state index contributed by atoms with van der Waals surface area (Å²) in [6.45, 7) is 6.54. The van der Waals surface area contributed by atoms with Crippen LogP contribution in [0.3, 0.4) is 0 Å². The minimum Gasteiger partial charge on any atom is -0.350 e. The van der Waals surface area contributed by atoms with Crippen molar-refractivity contribution in [3.63, 3.8) is 0 Å². The van der Waals surface area contributed by atoms with Gasteiger partial charge in [0.1, 0.15) is 0 Å². The smallest absolute Gasteiger partial charge is 0.350 e. The molecule has 0 saturated carbocycles. The third-order valence-corrected chi connectivity index (χ3v) is 5.99. The maximum atomic E-state index is 13.4. The van der Waals surface area contributed by atoms with Crippen molar-refractivity contribution >= 4 is 15.8 Å². The fourth-order valence-electron chi connectivity index (χ4n) is 3.00. The molecule has 0 saturated heterocycles. The number of benzene rings is 2. The van der Waals surface area contributed by atoms with Crippen LogP contribution < -0.4 is 5.32 Å². The number of sulfone groups is 1. The molecule has 0 spiro atoms. The van der Waals surface area contributed by atoms with Crippen LogP contribution in [0.5, 0.6) is 0 Å². The molecule has 0 radical (unpaired) electrons. The van der Waals surface area contributed by atoms with Gasteiger partial charge in [-0.2, -0.15) is 13.2 Å². The van der Waals surface area contributed by atoms with E-state index in [1.165, 1.54) is 24.3 Å². The van der Waals surface area contributed by atoms with Gasteiger partial charge in [0.15, 0.2) is 15.5 Å². The molecule has 0 aliphatic rings. The quantitative estimate of drug-likeness (QED) is 0.543. The second kappa shape index (κ2) is 8.54. The summed E-state index contributed by atoms with van der Waals surface area (Å²) in [7, 11) is -3.42. The lowest BCUT2D eigenvalue weighted by atomic mass is 9.87. The lowest BCUT2D eigenvalue weighted by Gasteiger charge is -2.19. The molecule has 0 bridgehead atoms. The second-order valence-electron chi connectivity index (χ2n) is 8.56. The van der Waals surface area contributed by atoms with Gasteiger partial charge in [0.05, 0.1) is 10.6 Å². The van der Waals surface area contributed by atoms with E-state index in [-0.39, 0.29) is 28.5 Å². The molecule has 0 fully saturated rings. The van der Waals surface area contributed by atoms with Gasteiger partial charge >= 0.3 is 6.18 Å². The number of rotatable bonds is 5. The highest BCUT2D eigenvalue weighted by Gasteiger charge is 2.34. The fraction of sp³-hybridized carbons (Fsp3) is 0.304. The zero-order valence-electron chi connectivity index (χ0n) is 18.2. The lowest BCUT2D eigenvalue weighted by molar-refractivity contribution is -0.141. The molecule has 0 aliphatic carbocycles. The van der Waals surface area contributed by atoms with Crippen LogP contribution in [0.1, 0.15) is 37.6 Å². The van der Waals surface area contributed by atoms with Crippen LogP contribution in [0, 0.1) is 0 Å². The Morgan fingerprint density at radius 2 is 1.50 bits per heavy atom. The van der Waals surface area contributed by atoms with Gasteiger partial charge in [-0.1, -0.05) is 57.2 Å². The van der Waals surface area contributed by atoms with E-state index in [4.69, 9.17) is 0 Å². The topological polar surface area (TPSA) is 72.0 Å². The number of anilines is 1. The normalized spacial score (nSPS) is 12.6. The predicted molar refractivity (Wildman–Crippen MR) is 118 cm³/mol. The maximum absolute atomic E-state index is 13.4. The van der Waals surface area contributed by atoms with Crippen molar-refractivity contribution in [1.29, 1.82) is 0 Å². The first-order chi connectivity index (χ1) is 14.7. The number of nitrogens with zero attached hydrogens (tertiary/aromatic N) is 2. The Bertz CT molecular complexity index is 1200. The first-order valence-corrected chi connectivity index (χ1v) is 11.7. The molecule has 0 atom stereocenters. The number of hydrogen-bond donors (Lipinski definition) is 1. The first-order valence-electron chi connectivity index (χ1n) is 9.83. The van der Waals surface area contributed by atoms with Crippen LogP contribution in [0.2, 0.25) is 0 Å². The van der Waals surface area contributed by atoms with Crippen molar-refractivity contribution in [1.82, 2.24) is 9.97 Å². The first kappa shape index (κ1) is 23.7. The molecule has 1 N–H and O–H groups in total. The van der Waals surface area contributed by atoms with E-state index in [0.717, 1.165) is 23.4 Å². The van der Waals surface area contributed by atoms with Crippen molar-refractivity contribution in [2.45, 2.75) is 43.8 Å². The Hall–Kier alpha value is -2.94. The van der Waals surface area contributed by atoms with Crippen molar-refractivity contribution in [2.75, 3.05) is 11.6 Å². The largest absolute Gasteiger partial charge is 0.433 e. The molecule has 0 aliphatic heterocycles. The highest BCUT2D eigenvalue weighted by Crippen LogP contribution is 2.31. The Morgan fingerprint density at radius 1 is 0.906 bits per heavy atom. The van der Waals surface area contributed by atoms with Gasteiger partial charge in [0.2, 0.25) is 5.95 Å². The highest BCUT2D eigenvalue weighted by molar-refractivity contribution is 7.90. The number of hydrogen-bond acceptors (Lipinski definition) is 5. The van der Waals surface area contributed by atoms with Gasteiger partial charge in [-0.25, -0.2) is 18.4 Å². The molecule has 2 aromatic carbocycles. The minimum atomic E-state index is -4.66. The van der Waals surface area contributed by atoms with Gasteiger partial charge in [0.25, 0.3) is 0 Å². The van der Waals surface area contributed by atoms with E-state index < -0.39 is 21.7 Å². The molecular formula is C23H24F3N3O2S. The molecule has 3 aromatic rings. The Labute approximate surface area is 185 Å². The van der Waals surface area contributed by atoms with Crippen LogP contribution >= 0.6 is 0 Å². The molecule has 1 heterocycles. The molecule has 9 heteroatoms. The van der Waals surface area contributed by atoms with Crippen LogP contribution in [0.25, 0.3) is 11.3 Å². The van der Waals surface area contributed by atoms with Gasteiger partial charge < -0.3 is 5.32 Å². The SMILES string of the molecule is CC(C)(C)c1ccc(CNc2nc(-c3ccc(S(C)(=O)=O)cc3)cc(C(F)(F)F)n2)cc1. The van der Waals surface area contributed by atoms with Crippen molar-refractivity contribution in [2.24, 2.45) is 0 Å². The summed E-state index contributed by atoms with van der Waals surface area (Å²) >= 11 is 0. The number of nitrogens with one attached hydrogen (secondary N) is 1. The average Bonchev–Trinajstić information content (AvgIpc) is 2.70. The molecular weight excluding hydrogens is 439 g/mol. The Morgan fingerprint density at radius 3 is 2.00 bits per heavy atom. The third kappa shape index (κ3) is 5.85. The van der Waals surface area contributed by atoms with Gasteiger partial charge in [-0.15, -0.1) is 0 Å². The van der Waals surface area contributed by atoms with Crippen molar-refractivity contribution in [3.8, 4) is 11.3 Å². The molecule has 32 heavy (non-hydrogen) atoms. The van der Waals surface area contributed by atoms with Gasteiger partial charge in [-0.3, -0.25) is 0 Å². The number of halogens is 3. The molecule has 1 aromatic heterocycles.